The van der Waals surface area contributed by atoms with Crippen LogP contribution in [0.15, 0.2) is 79.0 Å². The molecule has 0 atom stereocenters. The number of rotatable bonds is 7. The molecule has 1 heterocycles. The lowest BCUT2D eigenvalue weighted by atomic mass is 10.1. The molecule has 0 saturated heterocycles. The van der Waals surface area contributed by atoms with Crippen molar-refractivity contribution in [2.75, 3.05) is 6.54 Å². The Morgan fingerprint density at radius 1 is 1.07 bits per heavy atom. The molecule has 0 bridgehead atoms. The Labute approximate surface area is 157 Å². The van der Waals surface area contributed by atoms with Crippen molar-refractivity contribution in [2.24, 2.45) is 0 Å². The van der Waals surface area contributed by atoms with Crippen LogP contribution in [-0.2, 0) is 11.2 Å². The second kappa shape index (κ2) is 9.29. The molecule has 0 aliphatic rings. The molecule has 0 aliphatic carbocycles. The maximum absolute atomic E-state index is 12.8. The number of benzene rings is 2. The number of pyridine rings is 1. The molecule has 136 valence electrons. The van der Waals surface area contributed by atoms with Gasteiger partial charge in [0.15, 0.2) is 0 Å². The van der Waals surface area contributed by atoms with Crippen LogP contribution in [0, 0.1) is 5.82 Å². The fourth-order valence-corrected chi connectivity index (χ4v) is 2.43. The van der Waals surface area contributed by atoms with Gasteiger partial charge in [-0.15, -0.1) is 0 Å². The molecule has 1 aromatic heterocycles. The van der Waals surface area contributed by atoms with Crippen LogP contribution < -0.4 is 10.1 Å². The van der Waals surface area contributed by atoms with E-state index in [1.54, 1.807) is 30.5 Å². The van der Waals surface area contributed by atoms with Gasteiger partial charge in [0.25, 0.3) is 0 Å². The van der Waals surface area contributed by atoms with E-state index in [1.807, 2.05) is 36.4 Å². The van der Waals surface area contributed by atoms with Gasteiger partial charge in [0.05, 0.1) is 0 Å². The molecule has 27 heavy (non-hydrogen) atoms. The van der Waals surface area contributed by atoms with Crippen LogP contribution in [-0.4, -0.2) is 17.4 Å². The van der Waals surface area contributed by atoms with Crippen LogP contribution in [0.4, 0.5) is 4.39 Å². The third-order valence-corrected chi connectivity index (χ3v) is 3.77. The Morgan fingerprint density at radius 3 is 2.70 bits per heavy atom. The van der Waals surface area contributed by atoms with Gasteiger partial charge in [-0.25, -0.2) is 9.37 Å². The predicted molar refractivity (Wildman–Crippen MR) is 103 cm³/mol. The highest BCUT2D eigenvalue weighted by atomic mass is 19.1. The second-order valence-corrected chi connectivity index (χ2v) is 5.84. The van der Waals surface area contributed by atoms with Crippen LogP contribution in [0.2, 0.25) is 0 Å². The lowest BCUT2D eigenvalue weighted by molar-refractivity contribution is -0.116. The summed E-state index contributed by atoms with van der Waals surface area (Å²) in [6, 6.07) is 19.1. The zero-order valence-corrected chi connectivity index (χ0v) is 14.6. The standard InChI is InChI=1S/C22H19FN2O2/c23-19-10-7-17(8-11-19)9-12-21(26)24-15-13-18-4-3-5-20(16-18)27-22-6-1-2-14-25-22/h1-12,14,16H,13,15H2,(H,24,26). The van der Waals surface area contributed by atoms with E-state index in [0.717, 1.165) is 11.1 Å². The first-order chi connectivity index (χ1) is 13.2. The van der Waals surface area contributed by atoms with E-state index < -0.39 is 0 Å². The quantitative estimate of drug-likeness (QED) is 0.635. The van der Waals surface area contributed by atoms with Crippen molar-refractivity contribution in [3.8, 4) is 11.6 Å². The van der Waals surface area contributed by atoms with Gasteiger partial charge in [-0.05, 0) is 54.0 Å². The van der Waals surface area contributed by atoms with E-state index in [-0.39, 0.29) is 11.7 Å². The molecule has 0 aliphatic heterocycles. The number of halogens is 1. The fourth-order valence-electron chi connectivity index (χ4n) is 2.43. The molecule has 5 heteroatoms. The normalized spacial score (nSPS) is 10.7. The molecular formula is C22H19FN2O2. The van der Waals surface area contributed by atoms with Crippen LogP contribution in [0.25, 0.3) is 6.08 Å². The molecule has 3 aromatic rings. The first-order valence-corrected chi connectivity index (χ1v) is 8.58. The number of nitrogens with one attached hydrogen (secondary N) is 1. The third-order valence-electron chi connectivity index (χ3n) is 3.77. The lowest BCUT2D eigenvalue weighted by Gasteiger charge is -2.07. The van der Waals surface area contributed by atoms with Crippen LogP contribution in [0.5, 0.6) is 11.6 Å². The second-order valence-electron chi connectivity index (χ2n) is 5.84. The Hall–Kier alpha value is -3.47. The molecule has 0 radical (unpaired) electrons. The third kappa shape index (κ3) is 6.08. The number of hydrogen-bond acceptors (Lipinski definition) is 3. The van der Waals surface area contributed by atoms with Crippen molar-refractivity contribution in [3.63, 3.8) is 0 Å². The summed E-state index contributed by atoms with van der Waals surface area (Å²) < 4.78 is 18.6. The zero-order chi connectivity index (χ0) is 18.9. The van der Waals surface area contributed by atoms with Crippen LogP contribution >= 0.6 is 0 Å². The minimum Gasteiger partial charge on any atom is -0.439 e. The Morgan fingerprint density at radius 2 is 1.93 bits per heavy atom. The summed E-state index contributed by atoms with van der Waals surface area (Å²) >= 11 is 0. The van der Waals surface area contributed by atoms with Crippen molar-refractivity contribution >= 4 is 12.0 Å². The Balaban J connectivity index is 1.48. The summed E-state index contributed by atoms with van der Waals surface area (Å²) in [5, 5.41) is 2.83. The first kappa shape index (κ1) is 18.3. The van der Waals surface area contributed by atoms with Crippen molar-refractivity contribution in [1.29, 1.82) is 0 Å². The van der Waals surface area contributed by atoms with E-state index in [0.29, 0.717) is 24.6 Å². The van der Waals surface area contributed by atoms with E-state index >= 15 is 0 Å². The summed E-state index contributed by atoms with van der Waals surface area (Å²) in [6.07, 6.45) is 5.44. The van der Waals surface area contributed by atoms with Gasteiger partial charge in [-0.1, -0.05) is 30.3 Å². The summed E-state index contributed by atoms with van der Waals surface area (Å²) in [7, 11) is 0. The predicted octanol–water partition coefficient (Wildman–Crippen LogP) is 4.39. The lowest BCUT2D eigenvalue weighted by Crippen LogP contribution is -2.23. The molecule has 0 saturated carbocycles. The van der Waals surface area contributed by atoms with Crippen molar-refractivity contribution in [2.45, 2.75) is 6.42 Å². The van der Waals surface area contributed by atoms with Crippen molar-refractivity contribution in [3.05, 3.63) is 95.9 Å². The molecule has 4 nitrogen and oxygen atoms in total. The largest absolute Gasteiger partial charge is 0.439 e. The number of nitrogens with zero attached hydrogens (tertiary/aromatic N) is 1. The number of hydrogen-bond donors (Lipinski definition) is 1. The van der Waals surface area contributed by atoms with E-state index in [2.05, 4.69) is 10.3 Å². The van der Waals surface area contributed by atoms with Gasteiger partial charge in [0, 0.05) is 24.9 Å². The SMILES string of the molecule is O=C(C=Cc1ccc(F)cc1)NCCc1cccc(Oc2ccccn2)c1. The smallest absolute Gasteiger partial charge is 0.244 e. The number of aromatic nitrogens is 1. The van der Waals surface area contributed by atoms with Gasteiger partial charge in [-0.2, -0.15) is 0 Å². The highest BCUT2D eigenvalue weighted by molar-refractivity contribution is 5.91. The molecule has 3 rings (SSSR count). The first-order valence-electron chi connectivity index (χ1n) is 8.58. The molecule has 0 spiro atoms. The minimum absolute atomic E-state index is 0.194. The molecule has 2 aromatic carbocycles. The number of ether oxygens (including phenoxy) is 1. The summed E-state index contributed by atoms with van der Waals surface area (Å²) in [4.78, 5) is 16.0. The summed E-state index contributed by atoms with van der Waals surface area (Å²) in [6.45, 7) is 0.500. The zero-order valence-electron chi connectivity index (χ0n) is 14.6. The summed E-state index contributed by atoms with van der Waals surface area (Å²) in [5.41, 5.74) is 1.82. The van der Waals surface area contributed by atoms with Gasteiger partial charge in [0.1, 0.15) is 11.6 Å². The van der Waals surface area contributed by atoms with Crippen LogP contribution in [0.1, 0.15) is 11.1 Å². The highest BCUT2D eigenvalue weighted by Crippen LogP contribution is 2.20. The van der Waals surface area contributed by atoms with E-state index in [1.165, 1.54) is 18.2 Å². The van der Waals surface area contributed by atoms with Crippen molar-refractivity contribution in [1.82, 2.24) is 10.3 Å². The summed E-state index contributed by atoms with van der Waals surface area (Å²) in [5.74, 6) is 0.744. The van der Waals surface area contributed by atoms with Crippen LogP contribution in [0.3, 0.4) is 0 Å². The van der Waals surface area contributed by atoms with Crippen molar-refractivity contribution < 1.29 is 13.9 Å². The molecule has 0 unspecified atom stereocenters. The maximum Gasteiger partial charge on any atom is 0.244 e. The molecular weight excluding hydrogens is 343 g/mol. The monoisotopic (exact) mass is 362 g/mol. The van der Waals surface area contributed by atoms with Gasteiger partial charge < -0.3 is 10.1 Å². The topological polar surface area (TPSA) is 51.2 Å². The molecule has 1 amide bonds. The van der Waals surface area contributed by atoms with Gasteiger partial charge in [-0.3, -0.25) is 4.79 Å². The number of carbonyl (C=O) groups excluding carboxylic acids is 1. The average molecular weight is 362 g/mol. The minimum atomic E-state index is -0.300. The highest BCUT2D eigenvalue weighted by Gasteiger charge is 2.01. The van der Waals surface area contributed by atoms with Gasteiger partial charge >= 0.3 is 0 Å². The van der Waals surface area contributed by atoms with Gasteiger partial charge in [0.2, 0.25) is 11.8 Å². The maximum atomic E-state index is 12.8. The Bertz CT molecular complexity index is 909. The number of amides is 1. The molecule has 1 N–H and O–H groups in total. The molecule has 0 fully saturated rings. The number of carbonyl (C=O) groups is 1. The average Bonchev–Trinajstić information content (AvgIpc) is 2.69. The van der Waals surface area contributed by atoms with E-state index in [9.17, 15) is 9.18 Å². The Kier molecular flexibility index (Phi) is 6.30. The van der Waals surface area contributed by atoms with E-state index in [4.69, 9.17) is 4.74 Å². The fraction of sp³-hybridized carbons (Fsp3) is 0.0909.